The van der Waals surface area contributed by atoms with Crippen molar-refractivity contribution in [2.45, 2.75) is 25.9 Å². The van der Waals surface area contributed by atoms with E-state index < -0.39 is 34.8 Å². The summed E-state index contributed by atoms with van der Waals surface area (Å²) >= 11 is 0. The van der Waals surface area contributed by atoms with Crippen LogP contribution in [0.25, 0.3) is 0 Å². The van der Waals surface area contributed by atoms with Gasteiger partial charge in [0.2, 0.25) is 0 Å². The van der Waals surface area contributed by atoms with Crippen LogP contribution in [0.5, 0.6) is 0 Å². The Kier molecular flexibility index (Phi) is 5.78. The van der Waals surface area contributed by atoms with E-state index in [4.69, 9.17) is 4.74 Å². The van der Waals surface area contributed by atoms with Crippen LogP contribution < -0.4 is 4.72 Å². The van der Waals surface area contributed by atoms with Crippen LogP contribution in [0.4, 0.5) is 13.2 Å². The van der Waals surface area contributed by atoms with E-state index in [2.05, 4.69) is 0 Å². The molecule has 1 saturated heterocycles. The number of alkyl halides is 3. The summed E-state index contributed by atoms with van der Waals surface area (Å²) in [4.78, 5) is 11.5. The molecule has 0 unspecified atom stereocenters. The van der Waals surface area contributed by atoms with Crippen LogP contribution in [0.2, 0.25) is 0 Å². The fourth-order valence-corrected chi connectivity index (χ4v) is 3.15. The molecule has 6 nitrogen and oxygen atoms in total. The molecule has 0 aromatic carbocycles. The van der Waals surface area contributed by atoms with Gasteiger partial charge in [-0.25, -0.2) is 0 Å². The van der Waals surface area contributed by atoms with Gasteiger partial charge in [0.25, 0.3) is 10.2 Å². The molecular formula is C10H17F3N2O4S. The molecular weight excluding hydrogens is 301 g/mol. The molecule has 1 N–H and O–H groups in total. The fourth-order valence-electron chi connectivity index (χ4n) is 1.88. The summed E-state index contributed by atoms with van der Waals surface area (Å²) in [6.07, 6.45) is -3.76. The lowest BCUT2D eigenvalue weighted by Gasteiger charge is -2.30. The van der Waals surface area contributed by atoms with E-state index in [0.717, 1.165) is 4.31 Å². The van der Waals surface area contributed by atoms with Gasteiger partial charge in [-0.15, -0.1) is 0 Å². The van der Waals surface area contributed by atoms with Gasteiger partial charge < -0.3 is 4.74 Å². The summed E-state index contributed by atoms with van der Waals surface area (Å²) < 4.78 is 66.7. The Bertz CT molecular complexity index is 438. The van der Waals surface area contributed by atoms with Crippen LogP contribution >= 0.6 is 0 Å². The summed E-state index contributed by atoms with van der Waals surface area (Å²) in [6, 6.07) is 0. The first-order valence-electron chi connectivity index (χ1n) is 6.14. The van der Waals surface area contributed by atoms with E-state index in [-0.39, 0.29) is 19.7 Å². The number of rotatable bonds is 5. The average molecular weight is 318 g/mol. The van der Waals surface area contributed by atoms with Crippen LogP contribution in [-0.2, 0) is 19.7 Å². The van der Waals surface area contributed by atoms with Crippen LogP contribution in [0.1, 0.15) is 19.8 Å². The van der Waals surface area contributed by atoms with Gasteiger partial charge in [-0.3, -0.25) is 4.79 Å². The molecule has 0 aromatic heterocycles. The van der Waals surface area contributed by atoms with Gasteiger partial charge in [-0.05, 0) is 19.8 Å². The number of hydrogen-bond donors (Lipinski definition) is 1. The summed E-state index contributed by atoms with van der Waals surface area (Å²) in [6.45, 7) is 0.0968. The summed E-state index contributed by atoms with van der Waals surface area (Å²) in [5.74, 6) is -1.16. The predicted octanol–water partition coefficient (Wildman–Crippen LogP) is 0.658. The number of piperidine rings is 1. The van der Waals surface area contributed by atoms with Gasteiger partial charge in [0.15, 0.2) is 0 Å². The maximum absolute atomic E-state index is 12.0. The summed E-state index contributed by atoms with van der Waals surface area (Å²) in [5.41, 5.74) is 0. The van der Waals surface area contributed by atoms with Gasteiger partial charge in [0, 0.05) is 13.1 Å². The number of carbonyl (C=O) groups excluding carboxylic acids is 1. The van der Waals surface area contributed by atoms with Crippen molar-refractivity contribution in [1.29, 1.82) is 0 Å². The number of nitrogens with zero attached hydrogens (tertiary/aromatic N) is 1. The highest BCUT2D eigenvalue weighted by Crippen LogP contribution is 2.20. The topological polar surface area (TPSA) is 75.7 Å². The van der Waals surface area contributed by atoms with Crippen LogP contribution in [0.3, 0.4) is 0 Å². The Morgan fingerprint density at radius 1 is 1.45 bits per heavy atom. The van der Waals surface area contributed by atoms with Crippen molar-refractivity contribution < 1.29 is 31.1 Å². The maximum Gasteiger partial charge on any atom is 0.402 e. The van der Waals surface area contributed by atoms with Crippen molar-refractivity contribution in [2.24, 2.45) is 5.92 Å². The average Bonchev–Trinajstić information content (AvgIpc) is 2.36. The third-order valence-corrected chi connectivity index (χ3v) is 4.32. The van der Waals surface area contributed by atoms with E-state index in [1.165, 1.54) is 4.72 Å². The van der Waals surface area contributed by atoms with Gasteiger partial charge in [-0.1, -0.05) is 0 Å². The normalized spacial score (nSPS) is 21.7. The number of esters is 1. The Morgan fingerprint density at radius 3 is 2.65 bits per heavy atom. The molecule has 0 spiro atoms. The van der Waals surface area contributed by atoms with E-state index >= 15 is 0 Å². The number of ether oxygens (including phenoxy) is 1. The molecule has 0 aliphatic carbocycles. The first-order chi connectivity index (χ1) is 9.15. The second-order valence-corrected chi connectivity index (χ2v) is 6.15. The number of hydrogen-bond acceptors (Lipinski definition) is 4. The Balaban J connectivity index is 2.63. The summed E-state index contributed by atoms with van der Waals surface area (Å²) in [7, 11) is -4.24. The lowest BCUT2D eigenvalue weighted by atomic mass is 10.0. The third-order valence-electron chi connectivity index (χ3n) is 2.80. The quantitative estimate of drug-likeness (QED) is 0.756. The van der Waals surface area contributed by atoms with Crippen LogP contribution in [0.15, 0.2) is 0 Å². The van der Waals surface area contributed by atoms with Gasteiger partial charge in [0.1, 0.15) is 6.54 Å². The second kappa shape index (κ2) is 6.72. The first-order valence-corrected chi connectivity index (χ1v) is 7.58. The minimum absolute atomic E-state index is 0.0864. The Hall–Kier alpha value is -0.870. The van der Waals surface area contributed by atoms with Gasteiger partial charge in [0.05, 0.1) is 12.5 Å². The molecule has 1 atom stereocenters. The Labute approximate surface area is 115 Å². The smallest absolute Gasteiger partial charge is 0.402 e. The third kappa shape index (κ3) is 5.25. The van der Waals surface area contributed by atoms with Crippen molar-refractivity contribution in [3.05, 3.63) is 0 Å². The highest BCUT2D eigenvalue weighted by molar-refractivity contribution is 7.87. The first kappa shape index (κ1) is 17.2. The second-order valence-electron chi connectivity index (χ2n) is 4.39. The van der Waals surface area contributed by atoms with Crippen LogP contribution in [-0.4, -0.2) is 51.1 Å². The van der Waals surface area contributed by atoms with Gasteiger partial charge in [-0.2, -0.15) is 30.6 Å². The highest BCUT2D eigenvalue weighted by Gasteiger charge is 2.36. The monoisotopic (exact) mass is 318 g/mol. The van der Waals surface area contributed by atoms with Crippen molar-refractivity contribution >= 4 is 16.2 Å². The number of halogens is 3. The molecule has 0 bridgehead atoms. The predicted molar refractivity (Wildman–Crippen MR) is 63.9 cm³/mol. The van der Waals surface area contributed by atoms with Crippen molar-refractivity contribution in [3.63, 3.8) is 0 Å². The van der Waals surface area contributed by atoms with Crippen molar-refractivity contribution in [1.82, 2.24) is 9.03 Å². The molecule has 1 aliphatic heterocycles. The highest BCUT2D eigenvalue weighted by atomic mass is 32.2. The largest absolute Gasteiger partial charge is 0.466 e. The molecule has 118 valence electrons. The zero-order valence-electron chi connectivity index (χ0n) is 10.9. The Morgan fingerprint density at radius 2 is 2.10 bits per heavy atom. The zero-order chi connectivity index (χ0) is 15.4. The molecule has 1 rings (SSSR count). The van der Waals surface area contributed by atoms with E-state index in [0.29, 0.717) is 12.8 Å². The van der Waals surface area contributed by atoms with E-state index in [1.54, 1.807) is 6.92 Å². The molecule has 10 heteroatoms. The lowest BCUT2D eigenvalue weighted by molar-refractivity contribution is -0.149. The van der Waals surface area contributed by atoms with E-state index in [1.807, 2.05) is 0 Å². The molecule has 1 fully saturated rings. The number of carbonyl (C=O) groups is 1. The standard InChI is InChI=1S/C10H17F3N2O4S/c1-2-19-9(16)8-4-3-5-15(6-8)20(17,18)14-7-10(11,12)13/h8,14H,2-7H2,1H3/t8-/m0/s1. The molecule has 0 amide bonds. The molecule has 20 heavy (non-hydrogen) atoms. The maximum atomic E-state index is 12.0. The fraction of sp³-hybridized carbons (Fsp3) is 0.900. The molecule has 0 saturated carbocycles. The summed E-state index contributed by atoms with van der Waals surface area (Å²) in [5, 5.41) is 0. The molecule has 0 radical (unpaired) electrons. The van der Waals surface area contributed by atoms with E-state index in [9.17, 15) is 26.4 Å². The van der Waals surface area contributed by atoms with Gasteiger partial charge >= 0.3 is 12.1 Å². The minimum Gasteiger partial charge on any atom is -0.466 e. The zero-order valence-corrected chi connectivity index (χ0v) is 11.8. The minimum atomic E-state index is -4.62. The molecule has 0 aromatic rings. The molecule has 1 aliphatic rings. The lowest BCUT2D eigenvalue weighted by Crippen LogP contribution is -2.49. The molecule has 1 heterocycles. The SMILES string of the molecule is CCOC(=O)[C@H]1CCCN(S(=O)(=O)NCC(F)(F)F)C1. The van der Waals surface area contributed by atoms with Crippen molar-refractivity contribution in [2.75, 3.05) is 26.2 Å². The van der Waals surface area contributed by atoms with Crippen LogP contribution in [0, 0.1) is 5.92 Å². The number of nitrogens with one attached hydrogen (secondary N) is 1. The van der Waals surface area contributed by atoms with Crippen molar-refractivity contribution in [3.8, 4) is 0 Å².